The topological polar surface area (TPSA) is 66.8 Å². The average Bonchev–Trinajstić information content (AvgIpc) is 1.14. The Kier molecular flexibility index (Phi) is 4.94. The molecule has 0 heterocycles. The zero-order chi connectivity index (χ0) is 7.71. The molecule has 0 radical (unpaired) electrons. The summed E-state index contributed by atoms with van der Waals surface area (Å²) in [5.74, 6) is 0. The molecule has 0 saturated heterocycles. The van der Waals surface area contributed by atoms with E-state index in [0.29, 0.717) is 0 Å². The Balaban J connectivity index is 0. The van der Waals surface area contributed by atoms with E-state index >= 15 is 0 Å². The number of hydrogen-bond donors (Lipinski definition) is 2. The van der Waals surface area contributed by atoms with Crippen LogP contribution in [0.2, 0.25) is 0 Å². The monoisotopic (exact) mass is 174 g/mol. The third-order valence-corrected chi connectivity index (χ3v) is 0.667. The molecule has 0 aliphatic carbocycles. The Morgan fingerprint density at radius 3 is 1.60 bits per heavy atom. The predicted molar refractivity (Wildman–Crippen MR) is 26.3 cm³/mol. The van der Waals surface area contributed by atoms with Crippen molar-refractivity contribution in [1.29, 1.82) is 0 Å². The maximum atomic E-state index is 10.8. The molecule has 0 aliphatic rings. The fourth-order valence-corrected chi connectivity index (χ4v) is 0.405. The van der Waals surface area contributed by atoms with Crippen LogP contribution in [0.3, 0.4) is 0 Å². The van der Waals surface area contributed by atoms with E-state index in [9.17, 15) is 17.7 Å². The zero-order valence-corrected chi connectivity index (χ0v) is 4.69. The molecule has 0 aromatic carbocycles. The molecule has 10 heavy (non-hydrogen) atoms. The second-order valence-electron chi connectivity index (χ2n) is 1.03. The molecule has 0 aliphatic heterocycles. The summed E-state index contributed by atoms with van der Waals surface area (Å²) in [7, 11) is -5.41. The van der Waals surface area contributed by atoms with E-state index < -0.39 is 14.2 Å². The van der Waals surface area contributed by atoms with Gasteiger partial charge >= 0.3 is 33.0 Å². The van der Waals surface area contributed by atoms with Crippen molar-refractivity contribution >= 4 is 26.7 Å². The molecule has 0 rings (SSSR count). The van der Waals surface area contributed by atoms with Crippen molar-refractivity contribution in [3.05, 3.63) is 0 Å². The number of alkyl halides is 3. The van der Waals surface area contributed by atoms with Gasteiger partial charge in [-0.2, -0.15) is 4.52 Å². The van der Waals surface area contributed by atoms with Gasteiger partial charge in [0, 0.05) is 0 Å². The van der Waals surface area contributed by atoms with Gasteiger partial charge in [0.25, 0.3) is 0 Å². The third kappa shape index (κ3) is 11.3. The fourth-order valence-electron chi connectivity index (χ4n) is 0.135. The van der Waals surface area contributed by atoms with Crippen LogP contribution in [0.25, 0.3) is 0 Å². The number of halogens is 3. The molecule has 0 aromatic heterocycles. The first-order valence-corrected chi connectivity index (χ1v) is 3.07. The third-order valence-electron chi connectivity index (χ3n) is 0.222. The Bertz CT molecular complexity index is 138. The van der Waals surface area contributed by atoms with Crippen molar-refractivity contribution in [2.24, 2.45) is 0 Å². The van der Waals surface area contributed by atoms with E-state index in [4.69, 9.17) is 9.79 Å². The van der Waals surface area contributed by atoms with E-state index in [1.54, 1.807) is 0 Å². The minimum absolute atomic E-state index is 0. The van der Waals surface area contributed by atoms with Crippen molar-refractivity contribution in [3.63, 3.8) is 0 Å². The molecule has 2 N–H and O–H groups in total. The molecule has 0 fully saturated rings. The second-order valence-corrected chi connectivity index (χ2v) is 2.19. The molecular formula is CH3F3LiO4P. The standard InChI is InChI=1S/CH2F3O4P.Li.H/c2-1(3,4)8-9(5,6)7;;/h(H2,5,6,7);;. The molecule has 0 saturated carbocycles. The van der Waals surface area contributed by atoms with Gasteiger partial charge in [-0.3, -0.25) is 0 Å². The summed E-state index contributed by atoms with van der Waals surface area (Å²) in [5.41, 5.74) is 0. The summed E-state index contributed by atoms with van der Waals surface area (Å²) < 4.78 is 44.2. The quantitative estimate of drug-likeness (QED) is 0.432. The fraction of sp³-hybridized carbons (Fsp3) is 1.00. The van der Waals surface area contributed by atoms with E-state index in [0.717, 1.165) is 0 Å². The van der Waals surface area contributed by atoms with Crippen LogP contribution in [0.1, 0.15) is 0 Å². The van der Waals surface area contributed by atoms with Crippen LogP contribution < -0.4 is 0 Å². The van der Waals surface area contributed by atoms with Crippen molar-refractivity contribution < 1.29 is 32.0 Å². The summed E-state index contributed by atoms with van der Waals surface area (Å²) >= 11 is 0. The van der Waals surface area contributed by atoms with Crippen molar-refractivity contribution in [2.45, 2.75) is 6.36 Å². The molecule has 0 amide bonds. The number of phosphoric acid groups is 1. The summed E-state index contributed by atoms with van der Waals surface area (Å²) in [6.07, 6.45) is -5.28. The normalized spacial score (nSPS) is 12.5. The summed E-state index contributed by atoms with van der Waals surface area (Å²) in [6, 6.07) is 0. The van der Waals surface area contributed by atoms with Gasteiger partial charge in [-0.05, 0) is 0 Å². The van der Waals surface area contributed by atoms with Gasteiger partial charge in [0.2, 0.25) is 0 Å². The molecule has 0 atom stereocenters. The Morgan fingerprint density at radius 2 is 1.60 bits per heavy atom. The number of hydrogen-bond acceptors (Lipinski definition) is 2. The van der Waals surface area contributed by atoms with Crippen LogP contribution in [0.4, 0.5) is 13.2 Å². The summed E-state index contributed by atoms with van der Waals surface area (Å²) in [6.45, 7) is 0. The summed E-state index contributed by atoms with van der Waals surface area (Å²) in [4.78, 5) is 15.0. The molecule has 0 unspecified atom stereocenters. The van der Waals surface area contributed by atoms with E-state index in [-0.39, 0.29) is 18.9 Å². The molecule has 0 bridgehead atoms. The SMILES string of the molecule is O=P(O)(O)OC(F)(F)F.[LiH]. The van der Waals surface area contributed by atoms with Crippen LogP contribution in [0.15, 0.2) is 0 Å². The van der Waals surface area contributed by atoms with Gasteiger partial charge in [-0.1, -0.05) is 0 Å². The number of phosphoric ester groups is 1. The number of rotatable bonds is 1. The van der Waals surface area contributed by atoms with Crippen LogP contribution in [0, 0.1) is 0 Å². The minimum atomic E-state index is -5.41. The van der Waals surface area contributed by atoms with Crippen LogP contribution >= 0.6 is 7.82 Å². The predicted octanol–water partition coefficient (Wildman–Crippen LogP) is -0.0330. The Morgan fingerprint density at radius 1 is 1.30 bits per heavy atom. The van der Waals surface area contributed by atoms with E-state index in [1.165, 1.54) is 0 Å². The first kappa shape index (κ1) is 13.1. The van der Waals surface area contributed by atoms with Crippen LogP contribution in [-0.4, -0.2) is 35.0 Å². The molecular weight excluding hydrogens is 171 g/mol. The van der Waals surface area contributed by atoms with Gasteiger partial charge in [0.05, 0.1) is 0 Å². The molecule has 0 spiro atoms. The Hall–Kier alpha value is 0.497. The molecule has 58 valence electrons. The van der Waals surface area contributed by atoms with Crippen LogP contribution in [-0.2, 0) is 9.09 Å². The molecule has 4 nitrogen and oxygen atoms in total. The second kappa shape index (κ2) is 3.76. The first-order valence-electron chi connectivity index (χ1n) is 1.54. The average molecular weight is 174 g/mol. The zero-order valence-electron chi connectivity index (χ0n) is 3.79. The van der Waals surface area contributed by atoms with Gasteiger partial charge in [0.1, 0.15) is 0 Å². The van der Waals surface area contributed by atoms with Gasteiger partial charge in [0.15, 0.2) is 0 Å². The van der Waals surface area contributed by atoms with Gasteiger partial charge < -0.3 is 9.79 Å². The van der Waals surface area contributed by atoms with Crippen molar-refractivity contribution in [1.82, 2.24) is 0 Å². The van der Waals surface area contributed by atoms with E-state index in [2.05, 4.69) is 4.52 Å². The molecule has 9 heteroatoms. The molecule has 0 aromatic rings. The Labute approximate surface area is 65.8 Å². The van der Waals surface area contributed by atoms with Crippen LogP contribution in [0.5, 0.6) is 0 Å². The van der Waals surface area contributed by atoms with Gasteiger partial charge in [-0.15, -0.1) is 13.2 Å². The van der Waals surface area contributed by atoms with Crippen molar-refractivity contribution in [2.75, 3.05) is 0 Å². The first-order chi connectivity index (χ1) is 3.71. The van der Waals surface area contributed by atoms with Crippen molar-refractivity contribution in [3.8, 4) is 0 Å². The van der Waals surface area contributed by atoms with E-state index in [1.807, 2.05) is 0 Å². The maximum absolute atomic E-state index is 10.8. The summed E-state index contributed by atoms with van der Waals surface area (Å²) in [5, 5.41) is 0. The van der Waals surface area contributed by atoms with Gasteiger partial charge in [-0.25, -0.2) is 4.57 Å².